The van der Waals surface area contributed by atoms with Gasteiger partial charge in [-0.25, -0.2) is 4.98 Å². The highest BCUT2D eigenvalue weighted by molar-refractivity contribution is 5.83. The van der Waals surface area contributed by atoms with Crippen molar-refractivity contribution in [1.82, 2.24) is 9.97 Å². The fourth-order valence-electron chi connectivity index (χ4n) is 3.08. The largest absolute Gasteiger partial charge is 0.367 e. The van der Waals surface area contributed by atoms with Gasteiger partial charge in [-0.05, 0) is 43.2 Å². The molecule has 4 aromatic rings. The lowest BCUT2D eigenvalue weighted by Gasteiger charge is -2.14. The van der Waals surface area contributed by atoms with E-state index in [9.17, 15) is 0 Å². The Kier molecular flexibility index (Phi) is 3.46. The first-order chi connectivity index (χ1) is 11.3. The van der Waals surface area contributed by atoms with Gasteiger partial charge in [0.05, 0.1) is 5.52 Å². The monoisotopic (exact) mass is 301 g/mol. The molecule has 0 spiro atoms. The van der Waals surface area contributed by atoms with E-state index >= 15 is 0 Å². The molecule has 3 nitrogen and oxygen atoms in total. The third-order valence-corrected chi connectivity index (χ3v) is 4.19. The molecule has 0 saturated heterocycles. The van der Waals surface area contributed by atoms with Gasteiger partial charge < -0.3 is 10.3 Å². The molecule has 4 rings (SSSR count). The van der Waals surface area contributed by atoms with Gasteiger partial charge in [-0.15, -0.1) is 0 Å². The summed E-state index contributed by atoms with van der Waals surface area (Å²) in [4.78, 5) is 8.03. The van der Waals surface area contributed by atoms with Crippen molar-refractivity contribution in [1.29, 1.82) is 0 Å². The summed E-state index contributed by atoms with van der Waals surface area (Å²) in [7, 11) is 0. The highest BCUT2D eigenvalue weighted by Gasteiger charge is 2.09. The Labute approximate surface area is 135 Å². The maximum Gasteiger partial charge on any atom is 0.126 e. The number of hydrogen-bond donors (Lipinski definition) is 2. The third-order valence-electron chi connectivity index (χ3n) is 4.19. The van der Waals surface area contributed by atoms with Crippen LogP contribution in [-0.4, -0.2) is 16.0 Å². The molecule has 2 aromatic heterocycles. The molecule has 0 bridgehead atoms. The molecule has 23 heavy (non-hydrogen) atoms. The molecule has 0 fully saturated rings. The molecule has 0 aliphatic heterocycles. The number of pyridine rings is 1. The zero-order chi connectivity index (χ0) is 15.6. The van der Waals surface area contributed by atoms with Gasteiger partial charge in [-0.2, -0.15) is 0 Å². The van der Waals surface area contributed by atoms with Crippen molar-refractivity contribution in [2.24, 2.45) is 0 Å². The number of benzene rings is 2. The van der Waals surface area contributed by atoms with Crippen LogP contribution in [0.4, 0.5) is 5.82 Å². The minimum Gasteiger partial charge on any atom is -0.367 e. The molecule has 0 aliphatic rings. The number of H-pyrrole nitrogens is 1. The molecular weight excluding hydrogens is 282 g/mol. The van der Waals surface area contributed by atoms with Crippen LogP contribution in [0.15, 0.2) is 66.9 Å². The van der Waals surface area contributed by atoms with E-state index in [0.717, 1.165) is 17.8 Å². The summed E-state index contributed by atoms with van der Waals surface area (Å²) in [5.74, 6) is 0.927. The summed E-state index contributed by atoms with van der Waals surface area (Å²) in [6, 6.07) is 21.1. The van der Waals surface area contributed by atoms with Gasteiger partial charge in [-0.3, -0.25) is 0 Å². The van der Waals surface area contributed by atoms with Crippen LogP contribution < -0.4 is 5.32 Å². The Balaban J connectivity index is 1.53. The molecule has 0 aliphatic carbocycles. The number of fused-ring (bicyclic) bond motifs is 2. The van der Waals surface area contributed by atoms with Gasteiger partial charge in [0.25, 0.3) is 0 Å². The summed E-state index contributed by atoms with van der Waals surface area (Å²) >= 11 is 0. The highest BCUT2D eigenvalue weighted by atomic mass is 15.0. The molecular formula is C20H19N3. The maximum atomic E-state index is 4.69. The predicted molar refractivity (Wildman–Crippen MR) is 96.8 cm³/mol. The van der Waals surface area contributed by atoms with Crippen molar-refractivity contribution in [2.75, 3.05) is 5.32 Å². The van der Waals surface area contributed by atoms with Gasteiger partial charge in [-0.1, -0.05) is 36.4 Å². The molecule has 1 unspecified atom stereocenters. The van der Waals surface area contributed by atoms with Crippen LogP contribution >= 0.6 is 0 Å². The van der Waals surface area contributed by atoms with Crippen LogP contribution in [-0.2, 0) is 6.42 Å². The smallest absolute Gasteiger partial charge is 0.126 e. The van der Waals surface area contributed by atoms with Gasteiger partial charge in [0, 0.05) is 28.5 Å². The lowest BCUT2D eigenvalue weighted by atomic mass is 10.1. The summed E-state index contributed by atoms with van der Waals surface area (Å²) in [5, 5.41) is 5.98. The zero-order valence-electron chi connectivity index (χ0n) is 13.1. The first kappa shape index (κ1) is 13.8. The quantitative estimate of drug-likeness (QED) is 0.570. The first-order valence-corrected chi connectivity index (χ1v) is 7.97. The minimum atomic E-state index is 0.308. The second-order valence-electron chi connectivity index (χ2n) is 6.00. The standard InChI is InChI=1S/C20H19N3/c1-14(12-16-13-21-19-9-5-3-7-17(16)19)22-20-11-10-15-6-2-4-8-18(15)23-20/h2-11,13-14,21H,12H2,1H3,(H,22,23). The number of nitrogens with one attached hydrogen (secondary N) is 2. The van der Waals surface area contributed by atoms with Crippen molar-refractivity contribution in [3.8, 4) is 0 Å². The Morgan fingerprint density at radius 1 is 1.00 bits per heavy atom. The molecule has 114 valence electrons. The minimum absolute atomic E-state index is 0.308. The SMILES string of the molecule is CC(Cc1c[nH]c2ccccc12)Nc1ccc2ccccc2n1. The summed E-state index contributed by atoms with van der Waals surface area (Å²) < 4.78 is 0. The molecule has 0 saturated carbocycles. The number of para-hydroxylation sites is 2. The Bertz CT molecular complexity index is 955. The number of anilines is 1. The van der Waals surface area contributed by atoms with Crippen LogP contribution in [0.1, 0.15) is 12.5 Å². The molecule has 2 N–H and O–H groups in total. The number of rotatable bonds is 4. The Morgan fingerprint density at radius 2 is 1.83 bits per heavy atom. The van der Waals surface area contributed by atoms with E-state index in [1.807, 2.05) is 24.3 Å². The predicted octanol–water partition coefficient (Wildman–Crippen LogP) is 4.76. The molecule has 0 amide bonds. The topological polar surface area (TPSA) is 40.7 Å². The number of aromatic nitrogens is 2. The maximum absolute atomic E-state index is 4.69. The second kappa shape index (κ2) is 5.76. The average Bonchev–Trinajstić information content (AvgIpc) is 2.98. The number of nitrogens with zero attached hydrogens (tertiary/aromatic N) is 1. The summed E-state index contributed by atoms with van der Waals surface area (Å²) in [6.45, 7) is 2.19. The summed E-state index contributed by atoms with van der Waals surface area (Å²) in [6.07, 6.45) is 3.06. The number of hydrogen-bond acceptors (Lipinski definition) is 2. The normalized spacial score (nSPS) is 12.6. The van der Waals surface area contributed by atoms with Crippen LogP contribution in [0, 0.1) is 0 Å². The molecule has 1 atom stereocenters. The van der Waals surface area contributed by atoms with Crippen LogP contribution in [0.3, 0.4) is 0 Å². The lowest BCUT2D eigenvalue weighted by Crippen LogP contribution is -2.18. The fraction of sp³-hybridized carbons (Fsp3) is 0.150. The molecule has 2 aromatic carbocycles. The van der Waals surface area contributed by atoms with E-state index in [1.54, 1.807) is 0 Å². The Morgan fingerprint density at radius 3 is 2.78 bits per heavy atom. The van der Waals surface area contributed by atoms with E-state index < -0.39 is 0 Å². The van der Waals surface area contributed by atoms with Crippen LogP contribution in [0.2, 0.25) is 0 Å². The lowest BCUT2D eigenvalue weighted by molar-refractivity contribution is 0.789. The number of aromatic amines is 1. The van der Waals surface area contributed by atoms with Crippen LogP contribution in [0.25, 0.3) is 21.8 Å². The van der Waals surface area contributed by atoms with E-state index in [-0.39, 0.29) is 0 Å². The van der Waals surface area contributed by atoms with Gasteiger partial charge in [0.2, 0.25) is 0 Å². The second-order valence-corrected chi connectivity index (χ2v) is 6.00. The van der Waals surface area contributed by atoms with Crippen LogP contribution in [0.5, 0.6) is 0 Å². The van der Waals surface area contributed by atoms with Gasteiger partial charge in [0.15, 0.2) is 0 Å². The Hall–Kier alpha value is -2.81. The van der Waals surface area contributed by atoms with Crippen molar-refractivity contribution in [3.05, 3.63) is 72.4 Å². The van der Waals surface area contributed by atoms with E-state index in [2.05, 4.69) is 64.8 Å². The zero-order valence-corrected chi connectivity index (χ0v) is 13.1. The van der Waals surface area contributed by atoms with Gasteiger partial charge in [0.1, 0.15) is 5.82 Å². The van der Waals surface area contributed by atoms with Gasteiger partial charge >= 0.3 is 0 Å². The average molecular weight is 301 g/mol. The van der Waals surface area contributed by atoms with Crippen molar-refractivity contribution >= 4 is 27.6 Å². The van der Waals surface area contributed by atoms with Crippen molar-refractivity contribution < 1.29 is 0 Å². The highest BCUT2D eigenvalue weighted by Crippen LogP contribution is 2.20. The molecule has 0 radical (unpaired) electrons. The van der Waals surface area contributed by atoms with Crippen molar-refractivity contribution in [2.45, 2.75) is 19.4 Å². The van der Waals surface area contributed by atoms with E-state index in [0.29, 0.717) is 6.04 Å². The first-order valence-electron chi connectivity index (χ1n) is 7.97. The van der Waals surface area contributed by atoms with Crippen molar-refractivity contribution in [3.63, 3.8) is 0 Å². The van der Waals surface area contributed by atoms with E-state index in [4.69, 9.17) is 0 Å². The summed E-state index contributed by atoms with van der Waals surface area (Å²) in [5.41, 5.74) is 3.55. The van der Waals surface area contributed by atoms with E-state index in [1.165, 1.54) is 21.9 Å². The molecule has 3 heteroatoms. The third kappa shape index (κ3) is 2.78. The molecule has 2 heterocycles. The fourth-order valence-corrected chi connectivity index (χ4v) is 3.08.